The molecule has 3 nitrogen and oxygen atoms in total. The van der Waals surface area contributed by atoms with Crippen molar-refractivity contribution in [1.82, 2.24) is 0 Å². The van der Waals surface area contributed by atoms with Gasteiger partial charge in [-0.3, -0.25) is 0 Å². The lowest BCUT2D eigenvalue weighted by molar-refractivity contribution is 0.842. The lowest BCUT2D eigenvalue weighted by Gasteiger charge is -2.20. The van der Waals surface area contributed by atoms with Gasteiger partial charge >= 0.3 is 0 Å². The fraction of sp³-hybridized carbons (Fsp3) is 0.250. The van der Waals surface area contributed by atoms with Crippen LogP contribution in [0.4, 0.5) is 0 Å². The molecule has 0 saturated carbocycles. The average molecular weight is 229 g/mol. The molecule has 80 valence electrons. The molecule has 0 radical (unpaired) electrons. The van der Waals surface area contributed by atoms with Crippen molar-refractivity contribution in [2.24, 2.45) is 0 Å². The fourth-order valence-corrected chi connectivity index (χ4v) is 2.80. The van der Waals surface area contributed by atoms with E-state index in [-0.39, 0.29) is 5.92 Å². The van der Waals surface area contributed by atoms with Gasteiger partial charge in [-0.25, -0.2) is 0 Å². The molecule has 0 N–H and O–H groups in total. The smallest absolute Gasteiger partial charge is 0.145 e. The summed E-state index contributed by atoms with van der Waals surface area (Å²) in [4.78, 5) is 0.581. The summed E-state index contributed by atoms with van der Waals surface area (Å²) in [5.74, 6) is 0.193. The topological polar surface area (TPSA) is 71.4 Å². The third kappa shape index (κ3) is 1.87. The first-order valence-electron chi connectivity index (χ1n) is 4.76. The third-order valence-electron chi connectivity index (χ3n) is 2.28. The van der Waals surface area contributed by atoms with Gasteiger partial charge in [-0.15, -0.1) is 0 Å². The summed E-state index contributed by atoms with van der Waals surface area (Å²) in [7, 11) is -2.65. The largest absolute Gasteiger partial charge is 0.184 e. The van der Waals surface area contributed by atoms with Gasteiger partial charge in [-0.05, 0) is 17.5 Å². The number of benzene rings is 1. The van der Waals surface area contributed by atoms with Crippen LogP contribution >= 0.6 is 10.0 Å². The number of rotatable bonds is 2. The normalized spacial score (nSPS) is 11.2. The maximum absolute atomic E-state index is 9.08. The molecule has 0 atom stereocenters. The van der Waals surface area contributed by atoms with Crippen LogP contribution < -0.4 is 0 Å². The second-order valence-corrected chi connectivity index (χ2v) is 5.79. The van der Waals surface area contributed by atoms with Gasteiger partial charge in [-0.1, -0.05) is 32.0 Å². The van der Waals surface area contributed by atoms with Crippen molar-refractivity contribution in [3.05, 3.63) is 29.8 Å². The molecule has 1 rings (SSSR count). The first-order valence-corrected chi connectivity index (χ1v) is 6.39. The quantitative estimate of drug-likeness (QED) is 0.729. The Morgan fingerprint density at radius 1 is 1.00 bits per heavy atom. The maximum atomic E-state index is 9.08. The standard InChI is InChI=1S/C12H11N3S/c1-10(2)11-5-3-4-6-12(11)16(7-13,8-14)9-15/h3-6,10H,1-2H3. The van der Waals surface area contributed by atoms with Gasteiger partial charge in [0, 0.05) is 4.90 Å². The van der Waals surface area contributed by atoms with E-state index in [9.17, 15) is 0 Å². The van der Waals surface area contributed by atoms with Gasteiger partial charge in [0.1, 0.15) is 16.2 Å². The van der Waals surface area contributed by atoms with E-state index in [1.54, 1.807) is 12.1 Å². The summed E-state index contributed by atoms with van der Waals surface area (Å²) < 4.78 is 0. The maximum Gasteiger partial charge on any atom is 0.145 e. The predicted molar refractivity (Wildman–Crippen MR) is 63.2 cm³/mol. The van der Waals surface area contributed by atoms with E-state index in [0.29, 0.717) is 4.90 Å². The SMILES string of the molecule is CC(C)c1ccccc1S(C#N)(C#N)C#N. The zero-order valence-electron chi connectivity index (χ0n) is 9.14. The van der Waals surface area contributed by atoms with Crippen molar-refractivity contribution in [3.8, 4) is 16.2 Å². The van der Waals surface area contributed by atoms with Gasteiger partial charge in [0.05, 0.1) is 10.0 Å². The van der Waals surface area contributed by atoms with Crippen LogP contribution in [0.5, 0.6) is 0 Å². The highest BCUT2D eigenvalue weighted by atomic mass is 32.3. The summed E-state index contributed by atoms with van der Waals surface area (Å²) in [5.41, 5.74) is 0.905. The molecular weight excluding hydrogens is 218 g/mol. The lowest BCUT2D eigenvalue weighted by Crippen LogP contribution is -1.99. The molecule has 16 heavy (non-hydrogen) atoms. The molecule has 0 spiro atoms. The van der Waals surface area contributed by atoms with Gasteiger partial charge in [0.15, 0.2) is 0 Å². The molecule has 1 aromatic rings. The van der Waals surface area contributed by atoms with Crippen LogP contribution in [0.2, 0.25) is 0 Å². The van der Waals surface area contributed by atoms with Crippen molar-refractivity contribution in [1.29, 1.82) is 15.8 Å². The summed E-state index contributed by atoms with van der Waals surface area (Å²) in [5, 5.41) is 32.9. The molecule has 0 fully saturated rings. The molecule has 1 aromatic carbocycles. The minimum atomic E-state index is -2.65. The van der Waals surface area contributed by atoms with Gasteiger partial charge < -0.3 is 0 Å². The number of thiocyanates is 3. The number of nitrogens with zero attached hydrogens (tertiary/aromatic N) is 3. The molecule has 0 aliphatic heterocycles. The molecule has 0 aliphatic rings. The second-order valence-electron chi connectivity index (χ2n) is 3.58. The first-order chi connectivity index (χ1) is 7.61. The van der Waals surface area contributed by atoms with Crippen LogP contribution in [0, 0.1) is 32.0 Å². The van der Waals surface area contributed by atoms with Crippen LogP contribution in [0.15, 0.2) is 29.2 Å². The highest BCUT2D eigenvalue weighted by molar-refractivity contribution is 8.44. The van der Waals surface area contributed by atoms with E-state index < -0.39 is 10.0 Å². The molecular formula is C12H11N3S. The van der Waals surface area contributed by atoms with E-state index in [0.717, 1.165) is 5.56 Å². The first kappa shape index (κ1) is 12.1. The molecule has 0 unspecified atom stereocenters. The summed E-state index contributed by atoms with van der Waals surface area (Å²) in [6, 6.07) is 7.19. The Hall–Kier alpha value is -1.96. The molecule has 0 amide bonds. The summed E-state index contributed by atoms with van der Waals surface area (Å²) in [6.45, 7) is 3.96. The minimum Gasteiger partial charge on any atom is -0.184 e. The Morgan fingerprint density at radius 3 is 1.94 bits per heavy atom. The van der Waals surface area contributed by atoms with Crippen molar-refractivity contribution >= 4 is 10.0 Å². The highest BCUT2D eigenvalue weighted by Crippen LogP contribution is 2.55. The average Bonchev–Trinajstić information content (AvgIpc) is 2.32. The Morgan fingerprint density at radius 2 is 1.50 bits per heavy atom. The van der Waals surface area contributed by atoms with Crippen LogP contribution in [-0.4, -0.2) is 0 Å². The van der Waals surface area contributed by atoms with Crippen LogP contribution in [0.1, 0.15) is 25.3 Å². The fourth-order valence-electron chi connectivity index (χ4n) is 1.45. The molecule has 0 heterocycles. The Labute approximate surface area is 96.9 Å². The third-order valence-corrected chi connectivity index (χ3v) is 4.13. The molecule has 0 bridgehead atoms. The Bertz CT molecular complexity index is 478. The van der Waals surface area contributed by atoms with Crippen molar-refractivity contribution in [3.63, 3.8) is 0 Å². The number of hydrogen-bond acceptors (Lipinski definition) is 3. The van der Waals surface area contributed by atoms with E-state index in [1.807, 2.05) is 42.2 Å². The number of hydrogen-bond donors (Lipinski definition) is 0. The van der Waals surface area contributed by atoms with Crippen LogP contribution in [-0.2, 0) is 0 Å². The van der Waals surface area contributed by atoms with Gasteiger partial charge in [0.2, 0.25) is 0 Å². The van der Waals surface area contributed by atoms with E-state index in [4.69, 9.17) is 15.8 Å². The number of nitriles is 3. The zero-order chi connectivity index (χ0) is 12.2. The highest BCUT2D eigenvalue weighted by Gasteiger charge is 2.29. The van der Waals surface area contributed by atoms with E-state index >= 15 is 0 Å². The van der Waals surface area contributed by atoms with E-state index in [1.165, 1.54) is 0 Å². The Balaban J connectivity index is 3.52. The lowest BCUT2D eigenvalue weighted by atomic mass is 10.0. The molecule has 4 heteroatoms. The monoisotopic (exact) mass is 229 g/mol. The van der Waals surface area contributed by atoms with Crippen LogP contribution in [0.25, 0.3) is 0 Å². The van der Waals surface area contributed by atoms with Crippen LogP contribution in [0.3, 0.4) is 0 Å². The predicted octanol–water partition coefficient (Wildman–Crippen LogP) is 3.42. The van der Waals surface area contributed by atoms with Crippen molar-refractivity contribution in [2.75, 3.05) is 0 Å². The molecule has 0 aromatic heterocycles. The second kappa shape index (κ2) is 4.71. The molecule has 0 aliphatic carbocycles. The minimum absolute atomic E-state index is 0.193. The van der Waals surface area contributed by atoms with Crippen molar-refractivity contribution in [2.45, 2.75) is 24.7 Å². The van der Waals surface area contributed by atoms with Gasteiger partial charge in [-0.2, -0.15) is 15.8 Å². The summed E-state index contributed by atoms with van der Waals surface area (Å²) >= 11 is 0. The zero-order valence-corrected chi connectivity index (χ0v) is 9.95. The van der Waals surface area contributed by atoms with E-state index in [2.05, 4.69) is 0 Å². The molecule has 0 saturated heterocycles. The van der Waals surface area contributed by atoms with Gasteiger partial charge in [0.25, 0.3) is 0 Å². The van der Waals surface area contributed by atoms with Crippen molar-refractivity contribution < 1.29 is 0 Å². The summed E-state index contributed by atoms with van der Waals surface area (Å²) in [6.07, 6.45) is 0. The Kier molecular flexibility index (Phi) is 3.56.